The normalized spacial score (nSPS) is 13.9. The van der Waals surface area contributed by atoms with Crippen molar-refractivity contribution in [3.63, 3.8) is 0 Å². The largest absolute Gasteiger partial charge is 0.338 e. The summed E-state index contributed by atoms with van der Waals surface area (Å²) in [6.45, 7) is 13.2. The number of carbonyl (C=O) groups excluding carboxylic acids is 1. The third kappa shape index (κ3) is 6.75. The van der Waals surface area contributed by atoms with Crippen LogP contribution in [0, 0.1) is 11.3 Å². The van der Waals surface area contributed by atoms with Crippen LogP contribution < -0.4 is 10.6 Å². The first-order valence-corrected chi connectivity index (χ1v) is 5.27. The van der Waals surface area contributed by atoms with Gasteiger partial charge in [-0.3, -0.25) is 0 Å². The molecule has 2 N–H and O–H groups in total. The Kier molecular flexibility index (Phi) is 4.95. The topological polar surface area (TPSA) is 41.1 Å². The van der Waals surface area contributed by atoms with E-state index in [0.717, 1.165) is 0 Å². The van der Waals surface area contributed by atoms with Crippen LogP contribution >= 0.6 is 0 Å². The van der Waals surface area contributed by atoms with Gasteiger partial charge in [0.15, 0.2) is 0 Å². The quantitative estimate of drug-likeness (QED) is 0.721. The predicted octanol–water partition coefficient (Wildman–Crippen LogP) is 2.38. The molecule has 0 saturated carbocycles. The zero-order valence-corrected chi connectivity index (χ0v) is 10.3. The van der Waals surface area contributed by atoms with Crippen LogP contribution in [-0.4, -0.2) is 18.6 Å². The van der Waals surface area contributed by atoms with Gasteiger partial charge in [0.05, 0.1) is 0 Å². The molecule has 0 aromatic heterocycles. The maximum absolute atomic E-state index is 11.4. The molecule has 3 heteroatoms. The molecule has 1 atom stereocenters. The number of rotatable bonds is 3. The van der Waals surface area contributed by atoms with E-state index in [4.69, 9.17) is 0 Å². The summed E-state index contributed by atoms with van der Waals surface area (Å²) in [4.78, 5) is 11.4. The Morgan fingerprint density at radius 1 is 1.21 bits per heavy atom. The minimum atomic E-state index is -0.0684. The lowest BCUT2D eigenvalue weighted by Crippen LogP contribution is -2.45. The molecule has 0 aliphatic rings. The van der Waals surface area contributed by atoms with Crippen molar-refractivity contribution in [1.29, 1.82) is 0 Å². The second kappa shape index (κ2) is 5.23. The Hall–Kier alpha value is -0.730. The van der Waals surface area contributed by atoms with E-state index in [2.05, 4.69) is 45.3 Å². The van der Waals surface area contributed by atoms with Crippen LogP contribution in [0.4, 0.5) is 4.79 Å². The lowest BCUT2D eigenvalue weighted by atomic mass is 9.97. The van der Waals surface area contributed by atoms with Gasteiger partial charge in [-0.2, -0.15) is 0 Å². The van der Waals surface area contributed by atoms with E-state index < -0.39 is 0 Å². The zero-order chi connectivity index (χ0) is 11.4. The molecule has 0 heterocycles. The number of hydrogen-bond acceptors (Lipinski definition) is 1. The van der Waals surface area contributed by atoms with Crippen LogP contribution in [-0.2, 0) is 0 Å². The molecule has 0 spiro atoms. The molecule has 84 valence electrons. The van der Waals surface area contributed by atoms with E-state index in [9.17, 15) is 4.79 Å². The van der Waals surface area contributed by atoms with Crippen LogP contribution in [0.1, 0.15) is 41.5 Å². The van der Waals surface area contributed by atoms with Crippen LogP contribution in [0.5, 0.6) is 0 Å². The average molecular weight is 200 g/mol. The summed E-state index contributed by atoms with van der Waals surface area (Å²) in [5, 5.41) is 5.76. The second-order valence-corrected chi connectivity index (χ2v) is 5.42. The number of urea groups is 1. The summed E-state index contributed by atoms with van der Waals surface area (Å²) in [7, 11) is 0. The van der Waals surface area contributed by atoms with Crippen molar-refractivity contribution in [1.82, 2.24) is 10.6 Å². The fraction of sp³-hybridized carbons (Fsp3) is 0.909. The Morgan fingerprint density at radius 2 is 1.71 bits per heavy atom. The molecule has 2 amide bonds. The molecule has 0 aromatic carbocycles. The first-order valence-electron chi connectivity index (χ1n) is 5.27. The highest BCUT2D eigenvalue weighted by molar-refractivity contribution is 5.74. The van der Waals surface area contributed by atoms with Gasteiger partial charge in [-0.25, -0.2) is 4.79 Å². The lowest BCUT2D eigenvalue weighted by Gasteiger charge is -2.22. The van der Waals surface area contributed by atoms with E-state index in [1.54, 1.807) is 0 Å². The lowest BCUT2D eigenvalue weighted by molar-refractivity contribution is 0.229. The maximum atomic E-state index is 11.4. The van der Waals surface area contributed by atoms with Gasteiger partial charge >= 0.3 is 6.03 Å². The molecule has 0 aromatic rings. The molecular formula is C11H24N2O. The van der Waals surface area contributed by atoms with Gasteiger partial charge in [-0.1, -0.05) is 34.6 Å². The van der Waals surface area contributed by atoms with E-state index in [-0.39, 0.29) is 17.5 Å². The summed E-state index contributed by atoms with van der Waals surface area (Å²) >= 11 is 0. The van der Waals surface area contributed by atoms with Crippen LogP contribution in [0.3, 0.4) is 0 Å². The molecule has 0 bridgehead atoms. The van der Waals surface area contributed by atoms with Gasteiger partial charge in [0.2, 0.25) is 0 Å². The summed E-state index contributed by atoms with van der Waals surface area (Å²) in [6, 6.07) is 0.149. The smallest absolute Gasteiger partial charge is 0.315 e. The minimum absolute atomic E-state index is 0.0684. The van der Waals surface area contributed by atoms with Gasteiger partial charge in [0, 0.05) is 12.6 Å². The summed E-state index contributed by atoms with van der Waals surface area (Å²) in [6.07, 6.45) is 0. The van der Waals surface area contributed by atoms with Gasteiger partial charge < -0.3 is 10.6 Å². The second-order valence-electron chi connectivity index (χ2n) is 5.42. The van der Waals surface area contributed by atoms with Gasteiger partial charge in [-0.15, -0.1) is 0 Å². The Morgan fingerprint density at radius 3 is 2.07 bits per heavy atom. The molecule has 0 aliphatic carbocycles. The highest BCUT2D eigenvalue weighted by Gasteiger charge is 2.14. The Bertz CT molecular complexity index is 182. The molecule has 0 fully saturated rings. The number of hydrogen-bond donors (Lipinski definition) is 2. The Balaban J connectivity index is 3.77. The van der Waals surface area contributed by atoms with Gasteiger partial charge in [0.1, 0.15) is 0 Å². The van der Waals surface area contributed by atoms with Crippen molar-refractivity contribution < 1.29 is 4.79 Å². The molecule has 0 saturated heterocycles. The summed E-state index contributed by atoms with van der Waals surface area (Å²) in [5.41, 5.74) is 0.137. The molecule has 0 radical (unpaired) electrons. The average Bonchev–Trinajstić information content (AvgIpc) is 1.99. The fourth-order valence-corrected chi connectivity index (χ4v) is 0.770. The highest BCUT2D eigenvalue weighted by Crippen LogP contribution is 2.10. The van der Waals surface area contributed by atoms with Crippen molar-refractivity contribution >= 4 is 6.03 Å². The molecule has 1 unspecified atom stereocenters. The van der Waals surface area contributed by atoms with Gasteiger partial charge in [0.25, 0.3) is 0 Å². The first kappa shape index (κ1) is 13.3. The zero-order valence-electron chi connectivity index (χ0n) is 10.3. The number of carbonyl (C=O) groups is 1. The van der Waals surface area contributed by atoms with Gasteiger partial charge in [-0.05, 0) is 18.3 Å². The molecular weight excluding hydrogens is 176 g/mol. The highest BCUT2D eigenvalue weighted by atomic mass is 16.2. The Labute approximate surface area is 87.6 Å². The van der Waals surface area contributed by atoms with E-state index >= 15 is 0 Å². The van der Waals surface area contributed by atoms with Crippen molar-refractivity contribution in [2.75, 3.05) is 6.54 Å². The fourth-order valence-electron chi connectivity index (χ4n) is 0.770. The number of nitrogens with one attached hydrogen (secondary N) is 2. The van der Waals surface area contributed by atoms with Crippen molar-refractivity contribution in [2.45, 2.75) is 47.6 Å². The standard InChI is InChI=1S/C11H24N2O/c1-8(2)9(3)13-10(14)12-7-11(4,5)6/h8-9H,7H2,1-6H3,(H2,12,13,14). The molecule has 0 rings (SSSR count). The third-order valence-electron chi connectivity index (χ3n) is 2.14. The minimum Gasteiger partial charge on any atom is -0.338 e. The van der Waals surface area contributed by atoms with Crippen LogP contribution in [0.25, 0.3) is 0 Å². The molecule has 0 aliphatic heterocycles. The molecule has 3 nitrogen and oxygen atoms in total. The summed E-state index contributed by atoms with van der Waals surface area (Å²) < 4.78 is 0. The van der Waals surface area contributed by atoms with E-state index in [1.165, 1.54) is 0 Å². The monoisotopic (exact) mass is 200 g/mol. The maximum Gasteiger partial charge on any atom is 0.315 e. The third-order valence-corrected chi connectivity index (χ3v) is 2.14. The van der Waals surface area contributed by atoms with Crippen LogP contribution in [0.2, 0.25) is 0 Å². The number of amides is 2. The summed E-state index contributed by atoms with van der Waals surface area (Å²) in [5.74, 6) is 0.468. The van der Waals surface area contributed by atoms with E-state index in [1.807, 2.05) is 6.92 Å². The molecule has 14 heavy (non-hydrogen) atoms. The SMILES string of the molecule is CC(C)C(C)NC(=O)NCC(C)(C)C. The van der Waals surface area contributed by atoms with Crippen molar-refractivity contribution in [3.8, 4) is 0 Å². The van der Waals surface area contributed by atoms with Crippen LogP contribution in [0.15, 0.2) is 0 Å². The predicted molar refractivity (Wildman–Crippen MR) is 60.3 cm³/mol. The van der Waals surface area contributed by atoms with Crippen molar-refractivity contribution in [3.05, 3.63) is 0 Å². The first-order chi connectivity index (χ1) is 6.22. The van der Waals surface area contributed by atoms with E-state index in [0.29, 0.717) is 12.5 Å². The van der Waals surface area contributed by atoms with Crippen molar-refractivity contribution in [2.24, 2.45) is 11.3 Å².